The lowest BCUT2D eigenvalue weighted by Gasteiger charge is -2.36. The normalized spacial score (nSPS) is 24.2. The number of rotatable bonds is 6. The van der Waals surface area contributed by atoms with Crippen LogP contribution in [0, 0.1) is 0 Å². The summed E-state index contributed by atoms with van der Waals surface area (Å²) in [6.45, 7) is 8.65. The number of hydrogen-bond donors (Lipinski definition) is 1. The molecule has 0 aromatic heterocycles. The zero-order valence-electron chi connectivity index (χ0n) is 14.2. The van der Waals surface area contributed by atoms with Gasteiger partial charge in [-0.2, -0.15) is 0 Å². The van der Waals surface area contributed by atoms with E-state index in [1.807, 2.05) is 12.1 Å². The van der Waals surface area contributed by atoms with E-state index in [-0.39, 0.29) is 6.61 Å². The summed E-state index contributed by atoms with van der Waals surface area (Å²) in [6, 6.07) is 9.00. The second-order valence-electron chi connectivity index (χ2n) is 6.73. The van der Waals surface area contributed by atoms with Crippen molar-refractivity contribution in [1.29, 1.82) is 0 Å². The maximum absolute atomic E-state index is 8.78. The van der Waals surface area contributed by atoms with E-state index in [0.29, 0.717) is 6.61 Å². The number of ether oxygens (including phenoxy) is 1. The van der Waals surface area contributed by atoms with Crippen molar-refractivity contribution in [3.8, 4) is 5.75 Å². The first-order valence-electron chi connectivity index (χ1n) is 8.72. The number of likely N-dealkylation sites (tertiary alicyclic amines) is 1. The lowest BCUT2D eigenvalue weighted by atomic mass is 10.2. The molecule has 3 rings (SSSR count). The van der Waals surface area contributed by atoms with Gasteiger partial charge < -0.3 is 14.7 Å². The van der Waals surface area contributed by atoms with Crippen molar-refractivity contribution in [3.63, 3.8) is 0 Å². The first-order chi connectivity index (χ1) is 11.2. The molecule has 2 heterocycles. The molecule has 1 N–H and O–H groups in total. The van der Waals surface area contributed by atoms with Gasteiger partial charge in [-0.15, -0.1) is 0 Å². The number of benzene rings is 1. The third-order valence-corrected chi connectivity index (χ3v) is 4.99. The molecule has 2 aliphatic rings. The van der Waals surface area contributed by atoms with Crippen molar-refractivity contribution in [2.24, 2.45) is 0 Å². The Kier molecular flexibility index (Phi) is 5.89. The highest BCUT2D eigenvalue weighted by atomic mass is 16.5. The smallest absolute Gasteiger partial charge is 0.119 e. The fourth-order valence-corrected chi connectivity index (χ4v) is 3.55. The summed E-state index contributed by atoms with van der Waals surface area (Å²) in [5, 5.41) is 8.78. The van der Waals surface area contributed by atoms with Crippen LogP contribution in [0.4, 0.5) is 0 Å². The molecule has 1 atom stereocenters. The molecule has 0 saturated carbocycles. The predicted molar refractivity (Wildman–Crippen MR) is 91.8 cm³/mol. The number of hydrogen-bond acceptors (Lipinski definition) is 5. The number of likely N-dealkylation sites (N-methyl/N-ethyl adjacent to an activating group) is 1. The highest BCUT2D eigenvalue weighted by molar-refractivity contribution is 5.27. The molecule has 128 valence electrons. The van der Waals surface area contributed by atoms with Gasteiger partial charge in [-0.1, -0.05) is 12.1 Å². The summed E-state index contributed by atoms with van der Waals surface area (Å²) in [5.41, 5.74) is 1.33. The minimum atomic E-state index is 0.0587. The topological polar surface area (TPSA) is 39.2 Å². The average molecular weight is 319 g/mol. The third-order valence-electron chi connectivity index (χ3n) is 4.99. The highest BCUT2D eigenvalue weighted by Crippen LogP contribution is 2.20. The van der Waals surface area contributed by atoms with Crippen LogP contribution in [-0.4, -0.2) is 85.4 Å². The maximum Gasteiger partial charge on any atom is 0.119 e. The molecule has 1 aromatic carbocycles. The largest absolute Gasteiger partial charge is 0.491 e. The van der Waals surface area contributed by atoms with Gasteiger partial charge in [0.15, 0.2) is 0 Å². The summed E-state index contributed by atoms with van der Waals surface area (Å²) in [6.07, 6.45) is 1.29. The maximum atomic E-state index is 8.78. The second kappa shape index (κ2) is 8.11. The van der Waals surface area contributed by atoms with Gasteiger partial charge in [-0.05, 0) is 31.2 Å². The molecular weight excluding hydrogens is 290 g/mol. The number of piperazine rings is 1. The van der Waals surface area contributed by atoms with Crippen LogP contribution < -0.4 is 4.74 Å². The van der Waals surface area contributed by atoms with Gasteiger partial charge in [0.05, 0.1) is 6.61 Å². The Labute approximate surface area is 139 Å². The zero-order valence-corrected chi connectivity index (χ0v) is 14.2. The van der Waals surface area contributed by atoms with Crippen LogP contribution in [0.15, 0.2) is 24.3 Å². The summed E-state index contributed by atoms with van der Waals surface area (Å²) in [4.78, 5) is 7.65. The molecule has 0 bridgehead atoms. The number of aliphatic hydroxyl groups is 1. The van der Waals surface area contributed by atoms with Crippen molar-refractivity contribution < 1.29 is 9.84 Å². The molecule has 0 amide bonds. The van der Waals surface area contributed by atoms with E-state index in [1.54, 1.807) is 0 Å². The monoisotopic (exact) mass is 319 g/mol. The van der Waals surface area contributed by atoms with Gasteiger partial charge in [0.1, 0.15) is 12.4 Å². The highest BCUT2D eigenvalue weighted by Gasteiger charge is 2.29. The van der Waals surface area contributed by atoms with Crippen molar-refractivity contribution in [1.82, 2.24) is 14.7 Å². The first kappa shape index (κ1) is 16.7. The summed E-state index contributed by atoms with van der Waals surface area (Å²) in [7, 11) is 2.21. The summed E-state index contributed by atoms with van der Waals surface area (Å²) >= 11 is 0. The van der Waals surface area contributed by atoms with E-state index in [0.717, 1.165) is 18.3 Å². The van der Waals surface area contributed by atoms with Gasteiger partial charge in [0.25, 0.3) is 0 Å². The van der Waals surface area contributed by atoms with Crippen LogP contribution in [0.25, 0.3) is 0 Å². The average Bonchev–Trinajstić information content (AvgIpc) is 3.03. The van der Waals surface area contributed by atoms with Crippen molar-refractivity contribution in [2.75, 3.05) is 59.5 Å². The molecule has 1 aromatic rings. The molecule has 5 nitrogen and oxygen atoms in total. The minimum absolute atomic E-state index is 0.0587. The lowest BCUT2D eigenvalue weighted by Crippen LogP contribution is -2.49. The quantitative estimate of drug-likeness (QED) is 0.843. The van der Waals surface area contributed by atoms with Crippen LogP contribution in [0.1, 0.15) is 12.0 Å². The van der Waals surface area contributed by atoms with E-state index >= 15 is 0 Å². The molecule has 0 radical (unpaired) electrons. The fourth-order valence-electron chi connectivity index (χ4n) is 3.55. The van der Waals surface area contributed by atoms with Crippen molar-refractivity contribution >= 4 is 0 Å². The molecule has 23 heavy (non-hydrogen) atoms. The number of aliphatic hydroxyl groups excluding tert-OH is 1. The Balaban J connectivity index is 1.46. The summed E-state index contributed by atoms with van der Waals surface area (Å²) in [5.74, 6) is 0.833. The predicted octanol–water partition coefficient (Wildman–Crippen LogP) is 0.879. The van der Waals surface area contributed by atoms with E-state index in [4.69, 9.17) is 9.84 Å². The van der Waals surface area contributed by atoms with Gasteiger partial charge in [0.2, 0.25) is 0 Å². The standard InChI is InChI=1S/C18H29N3O2/c1-19-8-10-21(11-9-19)17-6-7-20(15-17)14-16-2-4-18(5-3-16)23-13-12-22/h2-5,17,22H,6-15H2,1H3. The van der Waals surface area contributed by atoms with Crippen molar-refractivity contribution in [2.45, 2.75) is 19.0 Å². The van der Waals surface area contributed by atoms with Gasteiger partial charge in [0, 0.05) is 51.9 Å². The van der Waals surface area contributed by atoms with Crippen LogP contribution in [-0.2, 0) is 6.54 Å². The lowest BCUT2D eigenvalue weighted by molar-refractivity contribution is 0.112. The summed E-state index contributed by atoms with van der Waals surface area (Å²) < 4.78 is 5.41. The molecule has 2 aliphatic heterocycles. The van der Waals surface area contributed by atoms with Gasteiger partial charge >= 0.3 is 0 Å². The Bertz CT molecular complexity index is 472. The third kappa shape index (κ3) is 4.67. The Hall–Kier alpha value is -1.14. The van der Waals surface area contributed by atoms with Crippen LogP contribution in [0.5, 0.6) is 5.75 Å². The van der Waals surface area contributed by atoms with E-state index in [1.165, 1.54) is 51.3 Å². The molecule has 0 spiro atoms. The van der Waals surface area contributed by atoms with Crippen LogP contribution >= 0.6 is 0 Å². The molecule has 2 saturated heterocycles. The zero-order chi connectivity index (χ0) is 16.1. The molecular formula is C18H29N3O2. The van der Waals surface area contributed by atoms with E-state index in [9.17, 15) is 0 Å². The van der Waals surface area contributed by atoms with E-state index in [2.05, 4.69) is 33.9 Å². The second-order valence-corrected chi connectivity index (χ2v) is 6.73. The molecule has 0 aliphatic carbocycles. The van der Waals surface area contributed by atoms with Gasteiger partial charge in [-0.3, -0.25) is 9.80 Å². The first-order valence-corrected chi connectivity index (χ1v) is 8.72. The Morgan fingerprint density at radius 3 is 2.52 bits per heavy atom. The van der Waals surface area contributed by atoms with Crippen LogP contribution in [0.2, 0.25) is 0 Å². The number of nitrogens with zero attached hydrogens (tertiary/aromatic N) is 3. The SMILES string of the molecule is CN1CCN(C2CCN(Cc3ccc(OCCO)cc3)C2)CC1. The molecule has 2 fully saturated rings. The van der Waals surface area contributed by atoms with Crippen LogP contribution in [0.3, 0.4) is 0 Å². The minimum Gasteiger partial charge on any atom is -0.491 e. The van der Waals surface area contributed by atoms with Crippen molar-refractivity contribution in [3.05, 3.63) is 29.8 Å². The fraction of sp³-hybridized carbons (Fsp3) is 0.667. The molecule has 5 heteroatoms. The molecule has 1 unspecified atom stereocenters. The Morgan fingerprint density at radius 2 is 1.83 bits per heavy atom. The van der Waals surface area contributed by atoms with E-state index < -0.39 is 0 Å². The van der Waals surface area contributed by atoms with Gasteiger partial charge in [-0.25, -0.2) is 0 Å². The Morgan fingerprint density at radius 1 is 1.09 bits per heavy atom.